The molecule has 1 aliphatic rings. The van der Waals surface area contributed by atoms with Crippen molar-refractivity contribution in [2.24, 2.45) is 0 Å². The maximum atomic E-state index is 13.1. The number of rotatable bonds is 5. The van der Waals surface area contributed by atoms with Crippen LogP contribution in [0.25, 0.3) is 5.57 Å². The van der Waals surface area contributed by atoms with Gasteiger partial charge in [0.25, 0.3) is 0 Å². The minimum absolute atomic E-state index is 0.0517. The van der Waals surface area contributed by atoms with E-state index in [2.05, 4.69) is 0 Å². The van der Waals surface area contributed by atoms with E-state index in [1.54, 1.807) is 32.4 Å². The van der Waals surface area contributed by atoms with Crippen LogP contribution in [-0.4, -0.2) is 31.6 Å². The molecule has 1 aliphatic heterocycles. The first kappa shape index (κ1) is 19.0. The molecule has 1 atom stereocenters. The molecule has 0 spiro atoms. The summed E-state index contributed by atoms with van der Waals surface area (Å²) < 4.78 is 24.0. The van der Waals surface area contributed by atoms with Crippen LogP contribution in [-0.2, 0) is 4.79 Å². The molecule has 0 bridgehead atoms. The van der Waals surface area contributed by atoms with E-state index >= 15 is 0 Å². The Balaban J connectivity index is 1.87. The number of halogens is 1. The highest BCUT2D eigenvalue weighted by Crippen LogP contribution is 2.39. The summed E-state index contributed by atoms with van der Waals surface area (Å²) in [6, 6.07) is 11.8. The average molecular weight is 369 g/mol. The number of hydrogen-bond acceptors (Lipinski definition) is 3. The Hall–Kier alpha value is -2.82. The van der Waals surface area contributed by atoms with Crippen molar-refractivity contribution in [3.8, 4) is 11.5 Å². The van der Waals surface area contributed by atoms with Crippen molar-refractivity contribution < 1.29 is 18.7 Å². The molecule has 2 aromatic rings. The van der Waals surface area contributed by atoms with Gasteiger partial charge in [-0.25, -0.2) is 4.39 Å². The predicted molar refractivity (Wildman–Crippen MR) is 103 cm³/mol. The highest BCUT2D eigenvalue weighted by Gasteiger charge is 2.31. The molecule has 27 heavy (non-hydrogen) atoms. The van der Waals surface area contributed by atoms with E-state index in [1.807, 2.05) is 30.0 Å². The molecule has 142 valence electrons. The monoisotopic (exact) mass is 369 g/mol. The first-order valence-corrected chi connectivity index (χ1v) is 9.00. The van der Waals surface area contributed by atoms with Gasteiger partial charge >= 0.3 is 0 Å². The lowest BCUT2D eigenvalue weighted by molar-refractivity contribution is -0.126. The van der Waals surface area contributed by atoms with Crippen molar-refractivity contribution in [2.75, 3.05) is 20.8 Å². The van der Waals surface area contributed by atoms with Crippen molar-refractivity contribution in [3.05, 3.63) is 65.5 Å². The number of amides is 1. The fraction of sp³-hybridized carbons (Fsp3) is 0.318. The third kappa shape index (κ3) is 4.13. The van der Waals surface area contributed by atoms with Gasteiger partial charge in [0.2, 0.25) is 5.91 Å². The topological polar surface area (TPSA) is 38.8 Å². The predicted octanol–water partition coefficient (Wildman–Crippen LogP) is 4.61. The minimum Gasteiger partial charge on any atom is -0.497 e. The second-order valence-corrected chi connectivity index (χ2v) is 6.63. The second kappa shape index (κ2) is 8.25. The summed E-state index contributed by atoms with van der Waals surface area (Å²) in [5, 5.41) is 0. The summed E-state index contributed by atoms with van der Waals surface area (Å²) >= 11 is 0. The molecule has 0 saturated carbocycles. The standard InChI is InChI=1S/C22H24FNO3/c1-15(16-6-8-17(23)9-7-16)13-22(25)24-12-4-5-20(24)19-14-18(26-2)10-11-21(19)27-3/h6-11,13-14,20H,4-5,12H2,1-3H3/b15-13+. The van der Waals surface area contributed by atoms with Gasteiger partial charge < -0.3 is 14.4 Å². The Labute approximate surface area is 159 Å². The summed E-state index contributed by atoms with van der Waals surface area (Å²) in [5.74, 6) is 1.15. The summed E-state index contributed by atoms with van der Waals surface area (Å²) in [4.78, 5) is 14.8. The zero-order valence-electron chi connectivity index (χ0n) is 15.9. The van der Waals surface area contributed by atoms with Crippen LogP contribution in [0.2, 0.25) is 0 Å². The van der Waals surface area contributed by atoms with E-state index in [-0.39, 0.29) is 17.8 Å². The van der Waals surface area contributed by atoms with Gasteiger partial charge in [0, 0.05) is 18.2 Å². The smallest absolute Gasteiger partial charge is 0.247 e. The molecule has 1 saturated heterocycles. The molecule has 0 N–H and O–H groups in total. The van der Waals surface area contributed by atoms with E-state index in [9.17, 15) is 9.18 Å². The minimum atomic E-state index is -0.289. The molecule has 1 fully saturated rings. The molecule has 4 nitrogen and oxygen atoms in total. The lowest BCUT2D eigenvalue weighted by Crippen LogP contribution is -2.29. The van der Waals surface area contributed by atoms with Gasteiger partial charge in [-0.1, -0.05) is 12.1 Å². The Morgan fingerprint density at radius 1 is 1.15 bits per heavy atom. The maximum Gasteiger partial charge on any atom is 0.247 e. The second-order valence-electron chi connectivity index (χ2n) is 6.63. The molecule has 0 aliphatic carbocycles. The van der Waals surface area contributed by atoms with Crippen molar-refractivity contribution in [1.82, 2.24) is 4.90 Å². The zero-order valence-corrected chi connectivity index (χ0v) is 15.9. The summed E-state index contributed by atoms with van der Waals surface area (Å²) in [6.07, 6.45) is 3.43. The third-order valence-electron chi connectivity index (χ3n) is 4.97. The molecule has 5 heteroatoms. The average Bonchev–Trinajstić information content (AvgIpc) is 3.17. The van der Waals surface area contributed by atoms with E-state index < -0.39 is 0 Å². The van der Waals surface area contributed by atoms with E-state index in [0.717, 1.165) is 41.0 Å². The van der Waals surface area contributed by atoms with Crippen LogP contribution in [0.1, 0.15) is 36.9 Å². The van der Waals surface area contributed by atoms with Crippen molar-refractivity contribution in [2.45, 2.75) is 25.8 Å². The lowest BCUT2D eigenvalue weighted by Gasteiger charge is -2.26. The SMILES string of the molecule is COc1ccc(OC)c(C2CCCN2C(=O)/C=C(\C)c2ccc(F)cc2)c1. The van der Waals surface area contributed by atoms with E-state index in [0.29, 0.717) is 6.54 Å². The molecule has 1 unspecified atom stereocenters. The molecule has 0 aromatic heterocycles. The van der Waals surface area contributed by atoms with Crippen molar-refractivity contribution in [3.63, 3.8) is 0 Å². The fourth-order valence-corrected chi connectivity index (χ4v) is 3.52. The quantitative estimate of drug-likeness (QED) is 0.723. The van der Waals surface area contributed by atoms with Gasteiger partial charge in [0.15, 0.2) is 0 Å². The number of methoxy groups -OCH3 is 2. The first-order valence-electron chi connectivity index (χ1n) is 9.00. The normalized spacial score (nSPS) is 17.1. The maximum absolute atomic E-state index is 13.1. The first-order chi connectivity index (χ1) is 13.0. The zero-order chi connectivity index (χ0) is 19.4. The highest BCUT2D eigenvalue weighted by molar-refractivity contribution is 5.95. The molecular weight excluding hydrogens is 345 g/mol. The van der Waals surface area contributed by atoms with E-state index in [4.69, 9.17) is 9.47 Å². The van der Waals surface area contributed by atoms with Crippen LogP contribution in [0, 0.1) is 5.82 Å². The van der Waals surface area contributed by atoms with Crippen LogP contribution in [0.5, 0.6) is 11.5 Å². The highest BCUT2D eigenvalue weighted by atomic mass is 19.1. The van der Waals surface area contributed by atoms with Gasteiger partial charge in [-0.3, -0.25) is 4.79 Å². The van der Waals surface area contributed by atoms with Gasteiger partial charge in [0.1, 0.15) is 17.3 Å². The molecular formula is C22H24FNO3. The number of hydrogen-bond donors (Lipinski definition) is 0. The molecule has 0 radical (unpaired) electrons. The van der Waals surface area contributed by atoms with Crippen molar-refractivity contribution >= 4 is 11.5 Å². The number of benzene rings is 2. The van der Waals surface area contributed by atoms with Gasteiger partial charge in [-0.05, 0) is 61.2 Å². The number of likely N-dealkylation sites (tertiary alicyclic amines) is 1. The number of carbonyl (C=O) groups excluding carboxylic acids is 1. The van der Waals surface area contributed by atoms with E-state index in [1.165, 1.54) is 12.1 Å². The van der Waals surface area contributed by atoms with Crippen molar-refractivity contribution in [1.29, 1.82) is 0 Å². The summed E-state index contributed by atoms with van der Waals surface area (Å²) in [7, 11) is 3.25. The molecule has 3 rings (SSSR count). The number of allylic oxidation sites excluding steroid dienone is 1. The Bertz CT molecular complexity index is 845. The molecule has 2 aromatic carbocycles. The van der Waals surface area contributed by atoms with Crippen LogP contribution in [0.3, 0.4) is 0 Å². The lowest BCUT2D eigenvalue weighted by atomic mass is 10.0. The van der Waals surface area contributed by atoms with Gasteiger partial charge in [0.05, 0.1) is 20.3 Å². The molecule has 1 heterocycles. The Morgan fingerprint density at radius 2 is 1.89 bits per heavy atom. The molecule has 1 amide bonds. The summed E-state index contributed by atoms with van der Waals surface area (Å²) in [5.41, 5.74) is 2.60. The number of ether oxygens (including phenoxy) is 2. The largest absolute Gasteiger partial charge is 0.497 e. The van der Waals surface area contributed by atoms with Crippen LogP contribution >= 0.6 is 0 Å². The number of carbonyl (C=O) groups is 1. The van der Waals surface area contributed by atoms with Gasteiger partial charge in [-0.2, -0.15) is 0 Å². The number of nitrogens with zero attached hydrogens (tertiary/aromatic N) is 1. The van der Waals surface area contributed by atoms with Crippen LogP contribution < -0.4 is 9.47 Å². The fourth-order valence-electron chi connectivity index (χ4n) is 3.52. The van der Waals surface area contributed by atoms with Crippen LogP contribution in [0.4, 0.5) is 4.39 Å². The Morgan fingerprint density at radius 3 is 2.56 bits per heavy atom. The Kier molecular flexibility index (Phi) is 5.79. The van der Waals surface area contributed by atoms with Crippen LogP contribution in [0.15, 0.2) is 48.5 Å². The van der Waals surface area contributed by atoms with Gasteiger partial charge in [-0.15, -0.1) is 0 Å². The third-order valence-corrected chi connectivity index (χ3v) is 4.97. The summed E-state index contributed by atoms with van der Waals surface area (Å²) in [6.45, 7) is 2.55.